The molecule has 0 saturated heterocycles. The molecule has 14 heavy (non-hydrogen) atoms. The lowest BCUT2D eigenvalue weighted by Gasteiger charge is -1.98. The Morgan fingerprint density at radius 3 is 2.71 bits per heavy atom. The van der Waals surface area contributed by atoms with E-state index in [2.05, 4.69) is 4.99 Å². The SMILES string of the molecule is C/C(O)=C/C(N)=Nc1ccccc1Cl. The summed E-state index contributed by atoms with van der Waals surface area (Å²) in [5.41, 5.74) is 6.12. The highest BCUT2D eigenvalue weighted by Crippen LogP contribution is 2.23. The molecule has 0 aliphatic carbocycles. The number of aliphatic hydroxyl groups excluding tert-OH is 1. The van der Waals surface area contributed by atoms with Gasteiger partial charge in [0.15, 0.2) is 0 Å². The van der Waals surface area contributed by atoms with Crippen LogP contribution in [0, 0.1) is 0 Å². The van der Waals surface area contributed by atoms with Crippen LogP contribution in [0.3, 0.4) is 0 Å². The first kappa shape index (κ1) is 10.6. The standard InChI is InChI=1S/C10H11ClN2O/c1-7(14)6-10(12)13-9-5-3-2-4-8(9)11/h2-6,14H,1H3,(H2,12,13)/b7-6-. The molecule has 0 aromatic heterocycles. The maximum atomic E-state index is 8.94. The van der Waals surface area contributed by atoms with Crippen molar-refractivity contribution in [3.8, 4) is 0 Å². The van der Waals surface area contributed by atoms with Gasteiger partial charge in [-0.15, -0.1) is 0 Å². The molecule has 0 amide bonds. The number of allylic oxidation sites excluding steroid dienone is 1. The molecule has 0 atom stereocenters. The Morgan fingerprint density at radius 1 is 1.50 bits per heavy atom. The number of nitrogens with two attached hydrogens (primary N) is 1. The second kappa shape index (κ2) is 4.67. The number of para-hydroxylation sites is 1. The summed E-state index contributed by atoms with van der Waals surface area (Å²) >= 11 is 5.86. The minimum Gasteiger partial charge on any atom is -0.512 e. The van der Waals surface area contributed by atoms with Crippen LogP contribution in [-0.2, 0) is 0 Å². The predicted octanol–water partition coefficient (Wildman–Crippen LogP) is 2.79. The summed E-state index contributed by atoms with van der Waals surface area (Å²) in [7, 11) is 0. The normalized spacial score (nSPS) is 13.0. The Kier molecular flexibility index (Phi) is 3.54. The number of rotatable bonds is 2. The van der Waals surface area contributed by atoms with E-state index in [0.29, 0.717) is 10.7 Å². The molecule has 0 fully saturated rings. The van der Waals surface area contributed by atoms with Gasteiger partial charge in [0.2, 0.25) is 0 Å². The summed E-state index contributed by atoms with van der Waals surface area (Å²) in [6, 6.07) is 7.09. The number of aliphatic hydroxyl groups is 1. The van der Waals surface area contributed by atoms with Crippen molar-refractivity contribution in [1.82, 2.24) is 0 Å². The van der Waals surface area contributed by atoms with E-state index in [9.17, 15) is 0 Å². The van der Waals surface area contributed by atoms with E-state index in [0.717, 1.165) is 0 Å². The van der Waals surface area contributed by atoms with Crippen LogP contribution in [0.2, 0.25) is 5.02 Å². The summed E-state index contributed by atoms with van der Waals surface area (Å²) in [4.78, 5) is 4.02. The molecule has 0 saturated carbocycles. The maximum absolute atomic E-state index is 8.94. The van der Waals surface area contributed by atoms with Gasteiger partial charge in [-0.25, -0.2) is 4.99 Å². The fourth-order valence-electron chi connectivity index (χ4n) is 0.928. The minimum atomic E-state index is 0.110. The fraction of sp³-hybridized carbons (Fsp3) is 0.100. The molecule has 1 aromatic carbocycles. The predicted molar refractivity (Wildman–Crippen MR) is 59.1 cm³/mol. The number of nitrogens with zero attached hydrogens (tertiary/aromatic N) is 1. The van der Waals surface area contributed by atoms with Crippen LogP contribution in [0.5, 0.6) is 0 Å². The fourth-order valence-corrected chi connectivity index (χ4v) is 1.11. The van der Waals surface area contributed by atoms with Crippen LogP contribution in [0.1, 0.15) is 6.92 Å². The molecule has 3 nitrogen and oxygen atoms in total. The number of benzene rings is 1. The molecule has 1 rings (SSSR count). The third-order valence-corrected chi connectivity index (χ3v) is 1.78. The van der Waals surface area contributed by atoms with Crippen LogP contribution >= 0.6 is 11.6 Å². The molecular weight excluding hydrogens is 200 g/mol. The molecule has 0 aliphatic rings. The molecule has 4 heteroatoms. The summed E-state index contributed by atoms with van der Waals surface area (Å²) in [5.74, 6) is 0.330. The first-order valence-electron chi connectivity index (χ1n) is 4.05. The zero-order valence-corrected chi connectivity index (χ0v) is 8.49. The highest BCUT2D eigenvalue weighted by molar-refractivity contribution is 6.33. The van der Waals surface area contributed by atoms with Crippen molar-refractivity contribution in [2.75, 3.05) is 0 Å². The monoisotopic (exact) mass is 210 g/mol. The second-order valence-corrected chi connectivity index (χ2v) is 3.18. The molecule has 0 aliphatic heterocycles. The molecule has 1 aromatic rings. The van der Waals surface area contributed by atoms with Gasteiger partial charge in [0.05, 0.1) is 16.5 Å². The van der Waals surface area contributed by atoms with E-state index in [-0.39, 0.29) is 11.6 Å². The van der Waals surface area contributed by atoms with Gasteiger partial charge >= 0.3 is 0 Å². The van der Waals surface area contributed by atoms with Crippen molar-refractivity contribution in [1.29, 1.82) is 0 Å². The highest BCUT2D eigenvalue weighted by atomic mass is 35.5. The first-order valence-corrected chi connectivity index (χ1v) is 4.43. The summed E-state index contributed by atoms with van der Waals surface area (Å²) in [6.07, 6.45) is 1.36. The third-order valence-electron chi connectivity index (χ3n) is 1.46. The number of hydrogen-bond donors (Lipinski definition) is 2. The van der Waals surface area contributed by atoms with Crippen LogP contribution in [-0.4, -0.2) is 10.9 Å². The molecule has 0 radical (unpaired) electrons. The molecule has 3 N–H and O–H groups in total. The highest BCUT2D eigenvalue weighted by Gasteiger charge is 1.96. The van der Waals surface area contributed by atoms with Gasteiger partial charge in [0.1, 0.15) is 5.84 Å². The smallest absolute Gasteiger partial charge is 0.127 e. The van der Waals surface area contributed by atoms with Crippen molar-refractivity contribution in [2.45, 2.75) is 6.92 Å². The minimum absolute atomic E-state index is 0.110. The molecule has 0 heterocycles. The van der Waals surface area contributed by atoms with Crippen molar-refractivity contribution in [3.63, 3.8) is 0 Å². The Hall–Kier alpha value is -1.48. The van der Waals surface area contributed by atoms with Gasteiger partial charge in [-0.2, -0.15) is 0 Å². The lowest BCUT2D eigenvalue weighted by molar-refractivity contribution is 0.415. The van der Waals surface area contributed by atoms with Gasteiger partial charge in [-0.1, -0.05) is 23.7 Å². The summed E-state index contributed by atoms with van der Waals surface area (Å²) < 4.78 is 0. The van der Waals surface area contributed by atoms with E-state index in [1.54, 1.807) is 12.1 Å². The average Bonchev–Trinajstić information content (AvgIpc) is 2.07. The number of halogens is 1. The van der Waals surface area contributed by atoms with Gasteiger partial charge in [0, 0.05) is 6.08 Å². The molecular formula is C10H11ClN2O. The molecule has 0 spiro atoms. The summed E-state index contributed by atoms with van der Waals surface area (Å²) in [5, 5.41) is 9.46. The zero-order chi connectivity index (χ0) is 10.6. The maximum Gasteiger partial charge on any atom is 0.127 e. The third kappa shape index (κ3) is 3.11. The van der Waals surface area contributed by atoms with E-state index in [1.807, 2.05) is 12.1 Å². The molecule has 74 valence electrons. The van der Waals surface area contributed by atoms with E-state index in [1.165, 1.54) is 13.0 Å². The Morgan fingerprint density at radius 2 is 2.14 bits per heavy atom. The van der Waals surface area contributed by atoms with Crippen molar-refractivity contribution in [2.24, 2.45) is 10.7 Å². The molecule has 0 unspecified atom stereocenters. The zero-order valence-electron chi connectivity index (χ0n) is 7.74. The van der Waals surface area contributed by atoms with E-state index < -0.39 is 0 Å². The Balaban J connectivity index is 2.98. The van der Waals surface area contributed by atoms with E-state index in [4.69, 9.17) is 22.4 Å². The summed E-state index contributed by atoms with van der Waals surface area (Å²) in [6.45, 7) is 1.52. The number of amidine groups is 1. The van der Waals surface area contributed by atoms with Crippen molar-refractivity contribution >= 4 is 23.1 Å². The van der Waals surface area contributed by atoms with Crippen molar-refractivity contribution in [3.05, 3.63) is 41.1 Å². The largest absolute Gasteiger partial charge is 0.512 e. The number of aliphatic imine (C=N–C) groups is 1. The van der Waals surface area contributed by atoms with Gasteiger partial charge in [-0.3, -0.25) is 0 Å². The average molecular weight is 211 g/mol. The topological polar surface area (TPSA) is 58.6 Å². The second-order valence-electron chi connectivity index (χ2n) is 2.77. The van der Waals surface area contributed by atoms with Crippen molar-refractivity contribution < 1.29 is 5.11 Å². The van der Waals surface area contributed by atoms with Crippen LogP contribution in [0.15, 0.2) is 41.1 Å². The molecule has 0 bridgehead atoms. The van der Waals surface area contributed by atoms with E-state index >= 15 is 0 Å². The lowest BCUT2D eigenvalue weighted by atomic mass is 10.3. The van der Waals surface area contributed by atoms with Gasteiger partial charge in [-0.05, 0) is 19.1 Å². The Labute approximate surface area is 87.5 Å². The van der Waals surface area contributed by atoms with Crippen LogP contribution in [0.25, 0.3) is 0 Å². The Bertz CT molecular complexity index is 381. The lowest BCUT2D eigenvalue weighted by Crippen LogP contribution is -2.07. The first-order chi connectivity index (χ1) is 6.59. The van der Waals surface area contributed by atoms with Crippen LogP contribution < -0.4 is 5.73 Å². The van der Waals surface area contributed by atoms with Gasteiger partial charge < -0.3 is 10.8 Å². The number of hydrogen-bond acceptors (Lipinski definition) is 2. The quantitative estimate of drug-likeness (QED) is 0.448. The van der Waals surface area contributed by atoms with Gasteiger partial charge in [0.25, 0.3) is 0 Å². The van der Waals surface area contributed by atoms with Crippen LogP contribution in [0.4, 0.5) is 5.69 Å².